The van der Waals surface area contributed by atoms with Crippen molar-refractivity contribution in [1.82, 2.24) is 13.1 Å². The van der Waals surface area contributed by atoms with Gasteiger partial charge in [-0.3, -0.25) is 0 Å². The van der Waals surface area contributed by atoms with Crippen LogP contribution in [0.1, 0.15) is 12.8 Å². The number of nitrogens with zero attached hydrogens (tertiary/aromatic N) is 3. The van der Waals surface area contributed by atoms with Gasteiger partial charge in [-0.2, -0.15) is 13.1 Å². The Hall–Kier alpha value is -1.09. The molecule has 0 unspecified atom stereocenters. The summed E-state index contributed by atoms with van der Waals surface area (Å²) >= 11 is 1.000. The first-order valence-corrected chi connectivity index (χ1v) is 8.15. The van der Waals surface area contributed by atoms with Crippen LogP contribution in [-0.4, -0.2) is 45.8 Å². The van der Waals surface area contributed by atoms with E-state index in [1.807, 2.05) is 0 Å². The standard InChI is InChI=1S/C11H13N3O3S2/c15-7-8-3-2-6-14(8)19(16,17)10-5-1-4-9-11(10)13-18-12-9/h1,4-5,8,15H,2-3,6-7H2/t8-/m0/s1. The molecule has 0 bridgehead atoms. The van der Waals surface area contributed by atoms with Crippen LogP contribution in [0.15, 0.2) is 23.1 Å². The van der Waals surface area contributed by atoms with Crippen molar-refractivity contribution in [3.05, 3.63) is 18.2 Å². The zero-order valence-electron chi connectivity index (χ0n) is 10.1. The van der Waals surface area contributed by atoms with Crippen LogP contribution in [0.3, 0.4) is 0 Å². The topological polar surface area (TPSA) is 83.4 Å². The summed E-state index contributed by atoms with van der Waals surface area (Å²) in [4.78, 5) is 0.180. The van der Waals surface area contributed by atoms with Gasteiger partial charge in [-0.05, 0) is 25.0 Å². The van der Waals surface area contributed by atoms with Gasteiger partial charge in [0.15, 0.2) is 0 Å². The average Bonchev–Trinajstić information content (AvgIpc) is 3.06. The van der Waals surface area contributed by atoms with E-state index < -0.39 is 10.0 Å². The van der Waals surface area contributed by atoms with Gasteiger partial charge in [-0.25, -0.2) is 8.42 Å². The summed E-state index contributed by atoms with van der Waals surface area (Å²) in [6, 6.07) is 4.63. The van der Waals surface area contributed by atoms with Crippen molar-refractivity contribution in [3.8, 4) is 0 Å². The Kier molecular flexibility index (Phi) is 3.25. The molecule has 3 rings (SSSR count). The third-order valence-corrected chi connectivity index (χ3v) is 5.90. The minimum absolute atomic E-state index is 0.148. The fourth-order valence-corrected chi connectivity index (χ4v) is 4.86. The molecule has 0 spiro atoms. The number of rotatable bonds is 3. The summed E-state index contributed by atoms with van der Waals surface area (Å²) in [5, 5.41) is 9.29. The van der Waals surface area contributed by atoms with E-state index in [4.69, 9.17) is 0 Å². The monoisotopic (exact) mass is 299 g/mol. The molecule has 2 heterocycles. The highest BCUT2D eigenvalue weighted by Gasteiger charge is 2.36. The molecule has 0 aliphatic carbocycles. The summed E-state index contributed by atoms with van der Waals surface area (Å²) in [5.74, 6) is 0. The van der Waals surface area contributed by atoms with E-state index in [1.165, 1.54) is 4.31 Å². The lowest BCUT2D eigenvalue weighted by atomic mass is 10.2. The molecular weight excluding hydrogens is 286 g/mol. The normalized spacial score (nSPS) is 21.2. The third kappa shape index (κ3) is 2.04. The molecule has 6 nitrogen and oxygen atoms in total. The van der Waals surface area contributed by atoms with Crippen LogP contribution < -0.4 is 0 Å². The van der Waals surface area contributed by atoms with Crippen LogP contribution in [0.4, 0.5) is 0 Å². The first-order valence-electron chi connectivity index (χ1n) is 5.98. The maximum Gasteiger partial charge on any atom is 0.245 e. The molecule has 1 aliphatic rings. The Morgan fingerprint density at radius 2 is 2.26 bits per heavy atom. The number of sulfonamides is 1. The fourth-order valence-electron chi connectivity index (χ4n) is 2.42. The van der Waals surface area contributed by atoms with Gasteiger partial charge in [0.05, 0.1) is 18.3 Å². The van der Waals surface area contributed by atoms with Crippen LogP contribution in [0.5, 0.6) is 0 Å². The molecule has 0 amide bonds. The zero-order chi connectivity index (χ0) is 13.5. The lowest BCUT2D eigenvalue weighted by Crippen LogP contribution is -2.37. The van der Waals surface area contributed by atoms with Gasteiger partial charge in [0.1, 0.15) is 15.9 Å². The molecule has 1 atom stereocenters. The number of benzene rings is 1. The molecule has 2 aromatic rings. The maximum atomic E-state index is 12.7. The van der Waals surface area contributed by atoms with Gasteiger partial charge in [-0.15, -0.1) is 0 Å². The van der Waals surface area contributed by atoms with Crippen LogP contribution in [-0.2, 0) is 10.0 Å². The number of hydrogen-bond acceptors (Lipinski definition) is 6. The van der Waals surface area contributed by atoms with Crippen molar-refractivity contribution in [3.63, 3.8) is 0 Å². The van der Waals surface area contributed by atoms with E-state index in [0.717, 1.165) is 18.1 Å². The number of aromatic nitrogens is 2. The summed E-state index contributed by atoms with van der Waals surface area (Å²) < 4.78 is 34.8. The van der Waals surface area contributed by atoms with E-state index in [9.17, 15) is 13.5 Å². The Balaban J connectivity index is 2.12. The van der Waals surface area contributed by atoms with Crippen molar-refractivity contribution in [2.24, 2.45) is 0 Å². The van der Waals surface area contributed by atoms with Gasteiger partial charge < -0.3 is 5.11 Å². The second-order valence-electron chi connectivity index (χ2n) is 4.48. The molecular formula is C11H13N3O3S2. The lowest BCUT2D eigenvalue weighted by molar-refractivity contribution is 0.213. The Labute approximate surface area is 115 Å². The van der Waals surface area contributed by atoms with Crippen molar-refractivity contribution in [2.75, 3.05) is 13.2 Å². The summed E-state index contributed by atoms with van der Waals surface area (Å²) in [7, 11) is -3.62. The smallest absolute Gasteiger partial charge is 0.245 e. The zero-order valence-corrected chi connectivity index (χ0v) is 11.7. The highest BCUT2D eigenvalue weighted by atomic mass is 32.2. The number of aliphatic hydroxyl groups excluding tert-OH is 1. The van der Waals surface area contributed by atoms with Crippen LogP contribution in [0, 0.1) is 0 Å². The van der Waals surface area contributed by atoms with Crippen LogP contribution in [0.2, 0.25) is 0 Å². The van der Waals surface area contributed by atoms with Gasteiger partial charge >= 0.3 is 0 Å². The average molecular weight is 299 g/mol. The van der Waals surface area contributed by atoms with E-state index in [1.54, 1.807) is 18.2 Å². The molecule has 1 aromatic carbocycles. The van der Waals surface area contributed by atoms with Gasteiger partial charge in [0.2, 0.25) is 10.0 Å². The molecule has 1 aliphatic heterocycles. The van der Waals surface area contributed by atoms with E-state index in [0.29, 0.717) is 24.0 Å². The van der Waals surface area contributed by atoms with E-state index in [-0.39, 0.29) is 17.5 Å². The highest BCUT2D eigenvalue weighted by molar-refractivity contribution is 7.89. The lowest BCUT2D eigenvalue weighted by Gasteiger charge is -2.22. The van der Waals surface area contributed by atoms with Crippen molar-refractivity contribution in [1.29, 1.82) is 0 Å². The number of aliphatic hydroxyl groups is 1. The van der Waals surface area contributed by atoms with Crippen molar-refractivity contribution >= 4 is 32.8 Å². The predicted molar refractivity (Wildman–Crippen MR) is 71.4 cm³/mol. The van der Waals surface area contributed by atoms with E-state index >= 15 is 0 Å². The van der Waals surface area contributed by atoms with Crippen molar-refractivity contribution in [2.45, 2.75) is 23.8 Å². The molecule has 19 heavy (non-hydrogen) atoms. The van der Waals surface area contributed by atoms with Gasteiger partial charge in [0.25, 0.3) is 0 Å². The second-order valence-corrected chi connectivity index (χ2v) is 6.87. The van der Waals surface area contributed by atoms with Gasteiger partial charge in [0, 0.05) is 12.6 Å². The van der Waals surface area contributed by atoms with Crippen LogP contribution in [0.25, 0.3) is 11.0 Å². The van der Waals surface area contributed by atoms with Gasteiger partial charge in [-0.1, -0.05) is 6.07 Å². The Morgan fingerprint density at radius 1 is 1.42 bits per heavy atom. The van der Waals surface area contributed by atoms with Crippen molar-refractivity contribution < 1.29 is 13.5 Å². The molecule has 1 aromatic heterocycles. The second kappa shape index (κ2) is 4.78. The molecule has 1 N–H and O–H groups in total. The molecule has 8 heteroatoms. The molecule has 102 valence electrons. The highest BCUT2D eigenvalue weighted by Crippen LogP contribution is 2.29. The maximum absolute atomic E-state index is 12.7. The first kappa shape index (κ1) is 12.9. The summed E-state index contributed by atoms with van der Waals surface area (Å²) in [5.41, 5.74) is 1.00. The fraction of sp³-hybridized carbons (Fsp3) is 0.455. The molecule has 1 fully saturated rings. The Bertz CT molecular complexity index is 698. The minimum Gasteiger partial charge on any atom is -0.395 e. The number of hydrogen-bond donors (Lipinski definition) is 1. The summed E-state index contributed by atoms with van der Waals surface area (Å²) in [6.45, 7) is 0.298. The van der Waals surface area contributed by atoms with E-state index in [2.05, 4.69) is 8.75 Å². The Morgan fingerprint density at radius 3 is 3.05 bits per heavy atom. The SMILES string of the molecule is O=S(=O)(c1cccc2nsnc12)N1CCC[C@H]1CO. The molecule has 0 saturated carbocycles. The van der Waals surface area contributed by atoms with Crippen LogP contribution >= 0.6 is 11.7 Å². The summed E-state index contributed by atoms with van der Waals surface area (Å²) in [6.07, 6.45) is 1.47. The predicted octanol–water partition coefficient (Wildman–Crippen LogP) is 0.837. The quantitative estimate of drug-likeness (QED) is 0.908. The minimum atomic E-state index is -3.62. The first-order chi connectivity index (χ1) is 9.14. The largest absolute Gasteiger partial charge is 0.395 e. The molecule has 1 saturated heterocycles. The number of fused-ring (bicyclic) bond motifs is 1. The molecule has 0 radical (unpaired) electrons. The third-order valence-electron chi connectivity index (χ3n) is 3.37.